The summed E-state index contributed by atoms with van der Waals surface area (Å²) in [6.07, 6.45) is 2.01. The van der Waals surface area contributed by atoms with E-state index >= 15 is 0 Å². The molecule has 4 nitrogen and oxygen atoms in total. The fourth-order valence-corrected chi connectivity index (χ4v) is 2.49. The number of aromatic hydroxyl groups is 1. The fraction of sp³-hybridized carbons (Fsp3) is 0.571. The van der Waals surface area contributed by atoms with Crippen molar-refractivity contribution >= 4 is 5.69 Å². The summed E-state index contributed by atoms with van der Waals surface area (Å²) in [6, 6.07) is 5.54. The molecule has 1 heterocycles. The van der Waals surface area contributed by atoms with Gasteiger partial charge in [-0.2, -0.15) is 0 Å². The lowest BCUT2D eigenvalue weighted by Gasteiger charge is -2.33. The van der Waals surface area contributed by atoms with E-state index in [9.17, 15) is 5.11 Å². The molecule has 0 saturated carbocycles. The second-order valence-electron chi connectivity index (χ2n) is 5.14. The summed E-state index contributed by atoms with van der Waals surface area (Å²) in [7, 11) is 0. The third kappa shape index (κ3) is 2.76. The van der Waals surface area contributed by atoms with E-state index in [-0.39, 0.29) is 18.4 Å². The van der Waals surface area contributed by atoms with Crippen LogP contribution in [0.1, 0.15) is 31.4 Å². The maximum absolute atomic E-state index is 9.94. The van der Waals surface area contributed by atoms with Crippen LogP contribution in [0.4, 0.5) is 5.69 Å². The number of nitrogens with zero attached hydrogens (tertiary/aromatic N) is 1. The van der Waals surface area contributed by atoms with Gasteiger partial charge in [0.2, 0.25) is 0 Å². The van der Waals surface area contributed by atoms with Crippen LogP contribution in [0.5, 0.6) is 5.75 Å². The highest BCUT2D eigenvalue weighted by molar-refractivity contribution is 5.54. The van der Waals surface area contributed by atoms with E-state index in [1.54, 1.807) is 6.07 Å². The molecule has 1 unspecified atom stereocenters. The highest BCUT2D eigenvalue weighted by atomic mass is 16.3. The molecule has 4 heteroatoms. The molecule has 0 bridgehead atoms. The molecule has 0 amide bonds. The highest BCUT2D eigenvalue weighted by Crippen LogP contribution is 2.30. The number of piperidine rings is 1. The first kappa shape index (κ1) is 13.2. The van der Waals surface area contributed by atoms with Crippen LogP contribution in [0.2, 0.25) is 0 Å². The van der Waals surface area contributed by atoms with Crippen molar-refractivity contribution in [2.24, 2.45) is 11.7 Å². The van der Waals surface area contributed by atoms with Gasteiger partial charge in [0, 0.05) is 43.1 Å². The van der Waals surface area contributed by atoms with Crippen LogP contribution in [-0.2, 0) is 0 Å². The Morgan fingerprint density at radius 2 is 2.06 bits per heavy atom. The maximum Gasteiger partial charge on any atom is 0.122 e. The van der Waals surface area contributed by atoms with Crippen molar-refractivity contribution in [2.45, 2.75) is 25.8 Å². The van der Waals surface area contributed by atoms with Crippen molar-refractivity contribution in [2.75, 3.05) is 24.6 Å². The Morgan fingerprint density at radius 1 is 1.39 bits per heavy atom. The normalized spacial score (nSPS) is 18.9. The zero-order valence-electron chi connectivity index (χ0n) is 10.8. The number of anilines is 1. The zero-order chi connectivity index (χ0) is 13.1. The van der Waals surface area contributed by atoms with Gasteiger partial charge >= 0.3 is 0 Å². The molecule has 2 rings (SSSR count). The van der Waals surface area contributed by atoms with Crippen LogP contribution >= 0.6 is 0 Å². The Labute approximate surface area is 108 Å². The van der Waals surface area contributed by atoms with Crippen LogP contribution in [0.15, 0.2) is 18.2 Å². The molecular weight excluding hydrogens is 228 g/mol. The van der Waals surface area contributed by atoms with E-state index in [0.717, 1.165) is 37.2 Å². The molecular formula is C14H22N2O2. The second-order valence-corrected chi connectivity index (χ2v) is 5.14. The number of rotatable bonds is 3. The average molecular weight is 250 g/mol. The van der Waals surface area contributed by atoms with E-state index in [1.807, 2.05) is 19.1 Å². The largest absolute Gasteiger partial charge is 0.508 e. The minimum Gasteiger partial charge on any atom is -0.508 e. The minimum atomic E-state index is -0.154. The predicted octanol–water partition coefficient (Wildman–Crippen LogP) is 1.62. The molecule has 1 aromatic rings. The number of benzene rings is 1. The summed E-state index contributed by atoms with van der Waals surface area (Å²) in [4.78, 5) is 2.25. The Balaban J connectivity index is 2.08. The summed E-state index contributed by atoms with van der Waals surface area (Å²) < 4.78 is 0. The molecule has 4 N–H and O–H groups in total. The fourth-order valence-electron chi connectivity index (χ4n) is 2.49. The van der Waals surface area contributed by atoms with Gasteiger partial charge in [0.1, 0.15) is 5.75 Å². The van der Waals surface area contributed by atoms with Gasteiger partial charge in [-0.25, -0.2) is 0 Å². The third-order valence-electron chi connectivity index (χ3n) is 3.74. The summed E-state index contributed by atoms with van der Waals surface area (Å²) in [5.74, 6) is 0.699. The quantitative estimate of drug-likeness (QED) is 0.762. The molecule has 0 radical (unpaired) electrons. The van der Waals surface area contributed by atoms with Crippen LogP contribution in [0.25, 0.3) is 0 Å². The number of aliphatic hydroxyl groups is 1. The van der Waals surface area contributed by atoms with E-state index in [0.29, 0.717) is 5.92 Å². The molecule has 1 fully saturated rings. The van der Waals surface area contributed by atoms with E-state index < -0.39 is 0 Å². The SMILES string of the molecule is CC(N)c1ccc(N2CCC(CO)CC2)cc1O. The van der Waals surface area contributed by atoms with Gasteiger partial charge in [-0.15, -0.1) is 0 Å². The van der Waals surface area contributed by atoms with Crippen molar-refractivity contribution in [3.8, 4) is 5.75 Å². The first-order valence-electron chi connectivity index (χ1n) is 6.56. The lowest BCUT2D eigenvalue weighted by molar-refractivity contribution is 0.203. The molecule has 0 spiro atoms. The standard InChI is InChI=1S/C14H22N2O2/c1-10(15)13-3-2-12(8-14(13)18)16-6-4-11(9-17)5-7-16/h2-3,8,10-11,17-18H,4-7,9,15H2,1H3. The van der Waals surface area contributed by atoms with Crippen LogP contribution in [0, 0.1) is 5.92 Å². The van der Waals surface area contributed by atoms with Gasteiger partial charge in [-0.1, -0.05) is 6.07 Å². The average Bonchev–Trinajstić information content (AvgIpc) is 2.38. The Hall–Kier alpha value is -1.26. The Bertz CT molecular complexity index is 399. The summed E-state index contributed by atoms with van der Waals surface area (Å²) in [6.45, 7) is 4.01. The molecule has 0 aromatic heterocycles. The van der Waals surface area contributed by atoms with E-state index in [4.69, 9.17) is 10.8 Å². The smallest absolute Gasteiger partial charge is 0.122 e. The molecule has 0 aliphatic carbocycles. The van der Waals surface area contributed by atoms with Crippen molar-refractivity contribution in [3.63, 3.8) is 0 Å². The van der Waals surface area contributed by atoms with Crippen LogP contribution in [-0.4, -0.2) is 29.9 Å². The van der Waals surface area contributed by atoms with Crippen molar-refractivity contribution in [1.82, 2.24) is 0 Å². The lowest BCUT2D eigenvalue weighted by Crippen LogP contribution is -2.34. The number of hydrogen-bond donors (Lipinski definition) is 3. The summed E-state index contributed by atoms with van der Waals surface area (Å²) in [5, 5.41) is 19.1. The molecule has 1 saturated heterocycles. The molecule has 100 valence electrons. The van der Waals surface area contributed by atoms with Crippen LogP contribution < -0.4 is 10.6 Å². The molecule has 1 aromatic carbocycles. The predicted molar refractivity (Wildman–Crippen MR) is 72.7 cm³/mol. The van der Waals surface area contributed by atoms with Gasteiger partial charge in [0.05, 0.1) is 0 Å². The lowest BCUT2D eigenvalue weighted by atomic mass is 9.97. The number of nitrogens with two attached hydrogens (primary N) is 1. The Morgan fingerprint density at radius 3 is 2.56 bits per heavy atom. The van der Waals surface area contributed by atoms with Gasteiger partial charge in [0.25, 0.3) is 0 Å². The molecule has 1 atom stereocenters. The van der Waals surface area contributed by atoms with Crippen molar-refractivity contribution in [1.29, 1.82) is 0 Å². The number of aliphatic hydroxyl groups excluding tert-OH is 1. The number of phenolic OH excluding ortho intramolecular Hbond substituents is 1. The summed E-state index contributed by atoms with van der Waals surface area (Å²) in [5.41, 5.74) is 7.59. The second kappa shape index (κ2) is 5.59. The zero-order valence-corrected chi connectivity index (χ0v) is 10.8. The first-order valence-corrected chi connectivity index (χ1v) is 6.56. The first-order chi connectivity index (χ1) is 8.61. The summed E-state index contributed by atoms with van der Waals surface area (Å²) >= 11 is 0. The van der Waals surface area contributed by atoms with Crippen molar-refractivity contribution in [3.05, 3.63) is 23.8 Å². The van der Waals surface area contributed by atoms with Gasteiger partial charge in [0.15, 0.2) is 0 Å². The van der Waals surface area contributed by atoms with Gasteiger partial charge in [-0.3, -0.25) is 0 Å². The van der Waals surface area contributed by atoms with Crippen molar-refractivity contribution < 1.29 is 10.2 Å². The number of phenols is 1. The molecule has 1 aliphatic rings. The minimum absolute atomic E-state index is 0.154. The maximum atomic E-state index is 9.94. The van der Waals surface area contributed by atoms with E-state index in [2.05, 4.69) is 4.90 Å². The highest BCUT2D eigenvalue weighted by Gasteiger charge is 2.19. The van der Waals surface area contributed by atoms with Gasteiger partial charge in [-0.05, 0) is 31.7 Å². The van der Waals surface area contributed by atoms with Crippen LogP contribution in [0.3, 0.4) is 0 Å². The van der Waals surface area contributed by atoms with E-state index in [1.165, 1.54) is 0 Å². The third-order valence-corrected chi connectivity index (χ3v) is 3.74. The number of hydrogen-bond acceptors (Lipinski definition) is 4. The monoisotopic (exact) mass is 250 g/mol. The Kier molecular flexibility index (Phi) is 4.09. The van der Waals surface area contributed by atoms with Gasteiger partial charge < -0.3 is 20.8 Å². The molecule has 1 aliphatic heterocycles. The topological polar surface area (TPSA) is 69.7 Å². The molecule has 18 heavy (non-hydrogen) atoms.